The standard InChI is InChI=1S/C19H27ClN2/c1-2-3-4-5-6-7-15-8-10-16(11-9-15)18-13-12-17(14-21)19(20)22-18/h12-13,15-16H,2-11H2,1H3. The molecule has 1 aromatic heterocycles. The van der Waals surface area contributed by atoms with Crippen molar-refractivity contribution in [2.24, 2.45) is 5.92 Å². The molecule has 2 rings (SSSR count). The van der Waals surface area contributed by atoms with Gasteiger partial charge < -0.3 is 0 Å². The predicted molar refractivity (Wildman–Crippen MR) is 92.0 cm³/mol. The van der Waals surface area contributed by atoms with E-state index in [0.29, 0.717) is 16.6 Å². The highest BCUT2D eigenvalue weighted by Gasteiger charge is 2.23. The van der Waals surface area contributed by atoms with Crippen molar-refractivity contribution in [1.82, 2.24) is 4.98 Å². The molecular formula is C19H27ClN2. The van der Waals surface area contributed by atoms with Crippen LogP contribution in [0.2, 0.25) is 5.15 Å². The van der Waals surface area contributed by atoms with Gasteiger partial charge in [0.25, 0.3) is 0 Å². The van der Waals surface area contributed by atoms with Crippen LogP contribution in [0.5, 0.6) is 0 Å². The Kier molecular flexibility index (Phi) is 7.19. The van der Waals surface area contributed by atoms with Gasteiger partial charge in [-0.2, -0.15) is 5.26 Å². The van der Waals surface area contributed by atoms with E-state index in [1.54, 1.807) is 0 Å². The minimum atomic E-state index is 0.359. The van der Waals surface area contributed by atoms with Crippen molar-refractivity contribution in [3.63, 3.8) is 0 Å². The Morgan fingerprint density at radius 3 is 2.50 bits per heavy atom. The number of nitriles is 1. The summed E-state index contributed by atoms with van der Waals surface area (Å²) in [6.45, 7) is 2.27. The molecule has 0 amide bonds. The lowest BCUT2D eigenvalue weighted by molar-refractivity contribution is 0.299. The molecule has 1 saturated carbocycles. The molecule has 0 unspecified atom stereocenters. The SMILES string of the molecule is CCCCCCCC1CCC(c2ccc(C#N)c(Cl)n2)CC1. The zero-order valence-electron chi connectivity index (χ0n) is 13.7. The lowest BCUT2D eigenvalue weighted by atomic mass is 9.78. The summed E-state index contributed by atoms with van der Waals surface area (Å²) in [6.07, 6.45) is 13.4. The van der Waals surface area contributed by atoms with Crippen molar-refractivity contribution in [3.05, 3.63) is 28.5 Å². The van der Waals surface area contributed by atoms with Gasteiger partial charge in [-0.15, -0.1) is 0 Å². The fourth-order valence-electron chi connectivity index (χ4n) is 3.54. The Labute approximate surface area is 139 Å². The minimum absolute atomic E-state index is 0.359. The Morgan fingerprint density at radius 2 is 1.86 bits per heavy atom. The maximum absolute atomic E-state index is 8.92. The number of hydrogen-bond donors (Lipinski definition) is 0. The molecule has 0 aliphatic heterocycles. The summed E-state index contributed by atoms with van der Waals surface area (Å²) in [6, 6.07) is 5.87. The number of nitrogens with zero attached hydrogens (tertiary/aromatic N) is 2. The van der Waals surface area contributed by atoms with E-state index in [1.807, 2.05) is 12.1 Å². The van der Waals surface area contributed by atoms with Crippen LogP contribution in [0.25, 0.3) is 0 Å². The first-order chi connectivity index (χ1) is 10.7. The molecule has 1 aromatic rings. The van der Waals surface area contributed by atoms with E-state index in [2.05, 4.69) is 18.0 Å². The van der Waals surface area contributed by atoms with E-state index >= 15 is 0 Å². The van der Waals surface area contributed by atoms with Crippen LogP contribution < -0.4 is 0 Å². The topological polar surface area (TPSA) is 36.7 Å². The zero-order valence-corrected chi connectivity index (χ0v) is 14.4. The van der Waals surface area contributed by atoms with Crippen molar-refractivity contribution in [1.29, 1.82) is 5.26 Å². The highest BCUT2D eigenvalue weighted by atomic mass is 35.5. The Bertz CT molecular complexity index is 499. The van der Waals surface area contributed by atoms with Gasteiger partial charge in [-0.1, -0.05) is 57.0 Å². The molecule has 120 valence electrons. The van der Waals surface area contributed by atoms with Gasteiger partial charge in [0.1, 0.15) is 11.2 Å². The molecule has 0 radical (unpaired) electrons. The molecule has 3 heteroatoms. The second-order valence-electron chi connectivity index (χ2n) is 6.61. The third-order valence-electron chi connectivity index (χ3n) is 4.97. The summed E-state index contributed by atoms with van der Waals surface area (Å²) in [4.78, 5) is 4.43. The molecule has 0 aromatic carbocycles. The second kappa shape index (κ2) is 9.16. The molecule has 1 aliphatic carbocycles. The fraction of sp³-hybridized carbons (Fsp3) is 0.684. The molecular weight excluding hydrogens is 292 g/mol. The molecule has 0 N–H and O–H groups in total. The van der Waals surface area contributed by atoms with Gasteiger partial charge in [0.2, 0.25) is 0 Å². The first-order valence-electron chi connectivity index (χ1n) is 8.81. The molecule has 1 heterocycles. The minimum Gasteiger partial charge on any atom is -0.239 e. The second-order valence-corrected chi connectivity index (χ2v) is 6.96. The molecule has 2 nitrogen and oxygen atoms in total. The van der Waals surface area contributed by atoms with Crippen molar-refractivity contribution < 1.29 is 0 Å². The number of aromatic nitrogens is 1. The third-order valence-corrected chi connectivity index (χ3v) is 5.26. The van der Waals surface area contributed by atoms with E-state index in [-0.39, 0.29) is 0 Å². The monoisotopic (exact) mass is 318 g/mol. The van der Waals surface area contributed by atoms with E-state index in [4.69, 9.17) is 16.9 Å². The summed E-state index contributed by atoms with van der Waals surface area (Å²) in [5.74, 6) is 1.44. The number of halogens is 1. The van der Waals surface area contributed by atoms with Gasteiger partial charge >= 0.3 is 0 Å². The predicted octanol–water partition coefficient (Wildman–Crippen LogP) is 6.24. The third kappa shape index (κ3) is 4.99. The first-order valence-corrected chi connectivity index (χ1v) is 9.19. The average Bonchev–Trinajstić information content (AvgIpc) is 2.55. The Balaban J connectivity index is 1.75. The molecule has 1 aliphatic rings. The summed E-state index contributed by atoms with van der Waals surface area (Å²) in [5.41, 5.74) is 1.55. The average molecular weight is 319 g/mol. The summed E-state index contributed by atoms with van der Waals surface area (Å²) >= 11 is 6.05. The fourth-order valence-corrected chi connectivity index (χ4v) is 3.75. The van der Waals surface area contributed by atoms with E-state index in [1.165, 1.54) is 64.2 Å². The zero-order chi connectivity index (χ0) is 15.8. The van der Waals surface area contributed by atoms with Gasteiger partial charge in [-0.25, -0.2) is 4.98 Å². The van der Waals surface area contributed by atoms with Gasteiger partial charge in [0.05, 0.1) is 5.56 Å². The van der Waals surface area contributed by atoms with E-state index in [0.717, 1.165) is 11.6 Å². The number of hydrogen-bond acceptors (Lipinski definition) is 2. The molecule has 0 saturated heterocycles. The normalized spacial score (nSPS) is 21.5. The maximum Gasteiger partial charge on any atom is 0.147 e. The van der Waals surface area contributed by atoms with Crippen LogP contribution in [0.4, 0.5) is 0 Å². The maximum atomic E-state index is 8.92. The van der Waals surface area contributed by atoms with Crippen LogP contribution >= 0.6 is 11.6 Å². The van der Waals surface area contributed by atoms with Crippen LogP contribution in [-0.2, 0) is 0 Å². The summed E-state index contributed by atoms with van der Waals surface area (Å²) < 4.78 is 0. The Hall–Kier alpha value is -1.07. The van der Waals surface area contributed by atoms with Crippen LogP contribution in [0.3, 0.4) is 0 Å². The van der Waals surface area contributed by atoms with Gasteiger partial charge in [0, 0.05) is 11.6 Å². The summed E-state index contributed by atoms with van der Waals surface area (Å²) in [7, 11) is 0. The molecule has 22 heavy (non-hydrogen) atoms. The number of pyridine rings is 1. The smallest absolute Gasteiger partial charge is 0.147 e. The van der Waals surface area contributed by atoms with Gasteiger partial charge in [0.15, 0.2) is 0 Å². The van der Waals surface area contributed by atoms with E-state index < -0.39 is 0 Å². The number of unbranched alkanes of at least 4 members (excludes halogenated alkanes) is 4. The van der Waals surface area contributed by atoms with Crippen molar-refractivity contribution in [2.75, 3.05) is 0 Å². The van der Waals surface area contributed by atoms with Crippen LogP contribution in [0.15, 0.2) is 12.1 Å². The van der Waals surface area contributed by atoms with Crippen molar-refractivity contribution >= 4 is 11.6 Å². The number of rotatable bonds is 7. The van der Waals surface area contributed by atoms with Crippen LogP contribution in [-0.4, -0.2) is 4.98 Å². The first kappa shape index (κ1) is 17.3. The lowest BCUT2D eigenvalue weighted by Crippen LogP contribution is -2.14. The van der Waals surface area contributed by atoms with Gasteiger partial charge in [-0.05, 0) is 43.7 Å². The van der Waals surface area contributed by atoms with E-state index in [9.17, 15) is 0 Å². The quantitative estimate of drug-likeness (QED) is 0.440. The van der Waals surface area contributed by atoms with Crippen LogP contribution in [0.1, 0.15) is 88.3 Å². The molecule has 1 fully saturated rings. The highest BCUT2D eigenvalue weighted by molar-refractivity contribution is 6.30. The Morgan fingerprint density at radius 1 is 1.14 bits per heavy atom. The van der Waals surface area contributed by atoms with Crippen LogP contribution in [0, 0.1) is 17.2 Å². The molecule has 0 spiro atoms. The van der Waals surface area contributed by atoms with Gasteiger partial charge in [-0.3, -0.25) is 0 Å². The summed E-state index contributed by atoms with van der Waals surface area (Å²) in [5, 5.41) is 9.28. The van der Waals surface area contributed by atoms with Crippen molar-refractivity contribution in [3.8, 4) is 6.07 Å². The molecule has 0 bridgehead atoms. The van der Waals surface area contributed by atoms with Crippen molar-refractivity contribution in [2.45, 2.75) is 77.0 Å². The highest BCUT2D eigenvalue weighted by Crippen LogP contribution is 2.37. The lowest BCUT2D eigenvalue weighted by Gasteiger charge is -2.28. The molecule has 0 atom stereocenters. The largest absolute Gasteiger partial charge is 0.239 e.